The molecule has 4 aromatic rings. The third-order valence-corrected chi connectivity index (χ3v) is 7.84. The van der Waals surface area contributed by atoms with E-state index >= 15 is 0 Å². The minimum atomic E-state index is -0.416. The van der Waals surface area contributed by atoms with E-state index in [0.717, 1.165) is 53.7 Å². The summed E-state index contributed by atoms with van der Waals surface area (Å²) in [5.74, 6) is 1.27. The van der Waals surface area contributed by atoms with Gasteiger partial charge in [-0.15, -0.1) is 12.6 Å². The average molecular weight is 601 g/mol. The topological polar surface area (TPSA) is 68.7 Å². The van der Waals surface area contributed by atoms with Crippen molar-refractivity contribution in [2.45, 2.75) is 58.0 Å². The zero-order chi connectivity index (χ0) is 28.8. The van der Waals surface area contributed by atoms with Crippen LogP contribution in [-0.2, 0) is 6.42 Å². The number of fused-ring (bicyclic) bond motifs is 3. The fourth-order valence-corrected chi connectivity index (χ4v) is 5.62. The van der Waals surface area contributed by atoms with Crippen LogP contribution in [0.3, 0.4) is 0 Å². The van der Waals surface area contributed by atoms with Crippen LogP contribution in [0.2, 0.25) is 10.0 Å². The summed E-state index contributed by atoms with van der Waals surface area (Å²) >= 11 is 12.4. The van der Waals surface area contributed by atoms with Crippen molar-refractivity contribution in [1.29, 1.82) is 0 Å². The van der Waals surface area contributed by atoms with Gasteiger partial charge in [-0.2, -0.15) is 0 Å². The number of benzene rings is 3. The Morgan fingerprint density at radius 3 is 2.38 bits per heavy atom. The molecule has 1 unspecified atom stereocenters. The van der Waals surface area contributed by atoms with Crippen LogP contribution in [0, 0.1) is 0 Å². The predicted octanol–water partition coefficient (Wildman–Crippen LogP) is 6.35. The molecule has 0 saturated carbocycles. The Labute approximate surface area is 270 Å². The van der Waals surface area contributed by atoms with Gasteiger partial charge in [0.15, 0.2) is 0 Å². The first kappa shape index (κ1) is 32.3. The van der Waals surface area contributed by atoms with Crippen molar-refractivity contribution in [2.24, 2.45) is 0 Å². The second kappa shape index (κ2) is 15.2. The van der Waals surface area contributed by atoms with Gasteiger partial charge in [-0.3, -0.25) is 4.90 Å². The molecule has 9 heteroatoms. The number of rotatable bonds is 11. The van der Waals surface area contributed by atoms with E-state index in [9.17, 15) is 4.79 Å². The van der Waals surface area contributed by atoms with Gasteiger partial charge >= 0.3 is 25.0 Å². The van der Waals surface area contributed by atoms with E-state index in [4.69, 9.17) is 32.7 Å². The Bertz CT molecular complexity index is 1460. The van der Waals surface area contributed by atoms with Crippen molar-refractivity contribution in [1.82, 2.24) is 9.88 Å². The van der Waals surface area contributed by atoms with Gasteiger partial charge in [0.1, 0.15) is 17.5 Å². The number of ether oxygens (including phenoxy) is 2. The number of carbonyl (C=O) groups is 1. The molecule has 42 heavy (non-hydrogen) atoms. The molecule has 1 N–H and O–H groups in total. The zero-order valence-corrected chi connectivity index (χ0v) is 26.0. The summed E-state index contributed by atoms with van der Waals surface area (Å²) in [4.78, 5) is 18.8. The van der Waals surface area contributed by atoms with Gasteiger partial charge in [-0.25, -0.2) is 4.79 Å². The van der Waals surface area contributed by atoms with Gasteiger partial charge in [-0.05, 0) is 78.6 Å². The minimum Gasteiger partial charge on any atom is -0.660 e. The molecule has 0 fully saturated rings. The number of carbonyl (C=O) groups excluding carboxylic acids is 1. The smallest absolute Gasteiger partial charge is 0.660 e. The SMILES string of the molecule is CC(C)[N-]CCCCCCOc1ccc(C2c3[nH]c4ccc(Cl)cc4c3CCN2C(=O)Oc2ccc(Cl)cc2)cc1.[Li+]. The molecule has 2 heterocycles. The van der Waals surface area contributed by atoms with E-state index in [-0.39, 0.29) is 24.9 Å². The van der Waals surface area contributed by atoms with Crippen LogP contribution in [-0.4, -0.2) is 41.7 Å². The van der Waals surface area contributed by atoms with Crippen molar-refractivity contribution >= 4 is 40.2 Å². The number of nitrogens with one attached hydrogen (secondary N) is 1. The van der Waals surface area contributed by atoms with Crippen molar-refractivity contribution in [3.63, 3.8) is 0 Å². The maximum Gasteiger partial charge on any atom is 1.00 e. The fourth-order valence-electron chi connectivity index (χ4n) is 5.32. The number of H-pyrrole nitrogens is 1. The Hall–Kier alpha value is -2.59. The number of unbranched alkanes of at least 4 members (excludes halogenated alkanes) is 3. The maximum absolute atomic E-state index is 13.5. The van der Waals surface area contributed by atoms with E-state index in [1.807, 2.05) is 42.5 Å². The molecule has 1 aromatic heterocycles. The molecule has 1 atom stereocenters. The largest absolute Gasteiger partial charge is 1.00 e. The number of halogens is 2. The predicted molar refractivity (Wildman–Crippen MR) is 167 cm³/mol. The summed E-state index contributed by atoms with van der Waals surface area (Å²) in [5.41, 5.74) is 4.11. The first-order chi connectivity index (χ1) is 19.9. The summed E-state index contributed by atoms with van der Waals surface area (Å²) in [6.07, 6.45) is 4.71. The summed E-state index contributed by atoms with van der Waals surface area (Å²) in [6, 6.07) is 20.7. The van der Waals surface area contributed by atoms with E-state index in [1.54, 1.807) is 29.2 Å². The Balaban J connectivity index is 0.00000405. The molecular weight excluding hydrogens is 564 g/mol. The van der Waals surface area contributed by atoms with Crippen LogP contribution >= 0.6 is 23.2 Å². The van der Waals surface area contributed by atoms with E-state index in [0.29, 0.717) is 41.4 Å². The average Bonchev–Trinajstić information content (AvgIpc) is 3.33. The van der Waals surface area contributed by atoms with Gasteiger partial charge in [0.2, 0.25) is 0 Å². The summed E-state index contributed by atoms with van der Waals surface area (Å²) < 4.78 is 11.8. The normalized spacial score (nSPS) is 14.5. The maximum atomic E-state index is 13.5. The van der Waals surface area contributed by atoms with Crippen molar-refractivity contribution < 1.29 is 33.1 Å². The molecule has 1 amide bonds. The monoisotopic (exact) mass is 599 g/mol. The van der Waals surface area contributed by atoms with E-state index in [1.165, 1.54) is 12.0 Å². The molecule has 6 nitrogen and oxygen atoms in total. The number of nitrogens with zero attached hydrogens (tertiary/aromatic N) is 2. The van der Waals surface area contributed by atoms with Gasteiger partial charge in [0, 0.05) is 33.2 Å². The van der Waals surface area contributed by atoms with Crippen LogP contribution in [0.25, 0.3) is 16.2 Å². The molecule has 0 spiro atoms. The Kier molecular flexibility index (Phi) is 11.7. The molecule has 0 aliphatic carbocycles. The first-order valence-electron chi connectivity index (χ1n) is 14.3. The minimum absolute atomic E-state index is 0. The molecular formula is C33H36Cl2LiN3O3. The van der Waals surface area contributed by atoms with Crippen LogP contribution in [0.4, 0.5) is 4.79 Å². The quantitative estimate of drug-likeness (QED) is 0.161. The standard InChI is InChI=1S/C33H36Cl2N3O3.Li/c1-22(2)36-18-5-3-4-6-20-40-26-12-7-23(8-13-26)32-31-28(29-21-25(35)11-16-30(29)37-31)17-19-38(32)33(39)41-27-14-9-24(34)10-15-27;/h7-16,21-22,32,37H,3-6,17-20H2,1-2H3;/q-1;+1. The second-order valence-corrected chi connectivity index (χ2v) is 11.6. The van der Waals surface area contributed by atoms with Crippen LogP contribution in [0.5, 0.6) is 11.5 Å². The molecule has 1 aliphatic rings. The van der Waals surface area contributed by atoms with Gasteiger partial charge < -0.3 is 19.8 Å². The number of amides is 1. The second-order valence-electron chi connectivity index (χ2n) is 10.7. The van der Waals surface area contributed by atoms with E-state index < -0.39 is 6.09 Å². The molecule has 1 aliphatic heterocycles. The molecule has 3 aromatic carbocycles. The molecule has 216 valence electrons. The zero-order valence-electron chi connectivity index (χ0n) is 24.5. The fraction of sp³-hybridized carbons (Fsp3) is 0.364. The van der Waals surface area contributed by atoms with Crippen molar-refractivity contribution in [2.75, 3.05) is 19.7 Å². The Morgan fingerprint density at radius 2 is 1.64 bits per heavy atom. The Morgan fingerprint density at radius 1 is 0.952 bits per heavy atom. The van der Waals surface area contributed by atoms with Gasteiger partial charge in [0.25, 0.3) is 0 Å². The third-order valence-electron chi connectivity index (χ3n) is 7.35. The summed E-state index contributed by atoms with van der Waals surface area (Å²) in [7, 11) is 0. The van der Waals surface area contributed by atoms with Gasteiger partial charge in [0.05, 0.1) is 6.61 Å². The molecule has 5 rings (SSSR count). The van der Waals surface area contributed by atoms with Crippen LogP contribution in [0.15, 0.2) is 66.7 Å². The van der Waals surface area contributed by atoms with Gasteiger partial charge in [-0.1, -0.05) is 68.4 Å². The van der Waals surface area contributed by atoms with Crippen LogP contribution < -0.4 is 28.3 Å². The summed E-state index contributed by atoms with van der Waals surface area (Å²) in [6.45, 7) is 6.36. The number of aromatic amines is 1. The van der Waals surface area contributed by atoms with Crippen LogP contribution in [0.1, 0.15) is 62.4 Å². The molecule has 0 radical (unpaired) electrons. The van der Waals surface area contributed by atoms with Crippen molar-refractivity contribution in [3.05, 3.63) is 98.9 Å². The third kappa shape index (κ3) is 8.07. The number of hydrogen-bond acceptors (Lipinski definition) is 3. The number of aromatic nitrogens is 1. The molecule has 0 saturated heterocycles. The van der Waals surface area contributed by atoms with E-state index in [2.05, 4.69) is 24.1 Å². The first-order valence-corrected chi connectivity index (χ1v) is 15.1. The molecule has 0 bridgehead atoms. The number of hydrogen-bond donors (Lipinski definition) is 1. The van der Waals surface area contributed by atoms with Crippen molar-refractivity contribution in [3.8, 4) is 11.5 Å². The summed E-state index contributed by atoms with van der Waals surface area (Å²) in [5, 5.41) is 6.89.